The molecule has 0 saturated heterocycles. The lowest BCUT2D eigenvalue weighted by Gasteiger charge is -2.33. The third-order valence-electron chi connectivity index (χ3n) is 11.4. The highest BCUT2D eigenvalue weighted by Gasteiger charge is 2.53. The van der Waals surface area contributed by atoms with Crippen LogP contribution < -0.4 is 14.6 Å². The Balaban J connectivity index is 1.19. The largest absolute Gasteiger partial charge is 0.301 e. The van der Waals surface area contributed by atoms with Crippen molar-refractivity contribution in [3.63, 3.8) is 0 Å². The minimum absolute atomic E-state index is 0.422. The van der Waals surface area contributed by atoms with Crippen molar-refractivity contribution in [1.82, 2.24) is 0 Å². The van der Waals surface area contributed by atoms with Crippen molar-refractivity contribution in [2.45, 2.75) is 5.41 Å². The summed E-state index contributed by atoms with van der Waals surface area (Å²) < 4.78 is 20.4. The van der Waals surface area contributed by atoms with Crippen LogP contribution in [0.3, 0.4) is 0 Å². The van der Waals surface area contributed by atoms with Gasteiger partial charge in [0.05, 0.1) is 22.1 Å². The van der Waals surface area contributed by atoms with Gasteiger partial charge in [-0.2, -0.15) is 0 Å². The zero-order valence-electron chi connectivity index (χ0n) is 28.8. The minimum atomic E-state index is -3.48. The van der Waals surface area contributed by atoms with E-state index >= 15 is 4.57 Å². The van der Waals surface area contributed by atoms with Crippen molar-refractivity contribution < 1.29 is 4.57 Å². The molecule has 0 radical (unpaired) electrons. The molecule has 0 saturated carbocycles. The van der Waals surface area contributed by atoms with Crippen LogP contribution in [0.25, 0.3) is 33.4 Å². The monoisotopic (exact) mass is 696 g/mol. The molecular formula is C49H33N2OP. The van der Waals surface area contributed by atoms with E-state index < -0.39 is 12.9 Å². The van der Waals surface area contributed by atoms with Crippen LogP contribution in [0.5, 0.6) is 0 Å². The van der Waals surface area contributed by atoms with Crippen LogP contribution in [0.4, 0.5) is 22.7 Å². The molecule has 1 spiro atoms. The molecule has 250 valence electrons. The van der Waals surface area contributed by atoms with Crippen molar-refractivity contribution in [2.75, 3.05) is 9.34 Å². The molecule has 0 N–H and O–H groups in total. The number of benzene rings is 8. The molecule has 11 rings (SSSR count). The molecule has 3 nitrogen and oxygen atoms in total. The van der Waals surface area contributed by atoms with E-state index in [0.29, 0.717) is 0 Å². The molecule has 0 amide bonds. The first kappa shape index (κ1) is 30.2. The van der Waals surface area contributed by atoms with Gasteiger partial charge in [0, 0.05) is 11.4 Å². The normalized spacial score (nSPS) is 16.9. The van der Waals surface area contributed by atoms with Crippen LogP contribution >= 0.6 is 7.44 Å². The lowest BCUT2D eigenvalue weighted by atomic mass is 9.70. The predicted molar refractivity (Wildman–Crippen MR) is 219 cm³/mol. The molecule has 0 aromatic heterocycles. The SMILES string of the molecule is O=P1(c2ccccc2)N(c2ccccc2)c2ccc(-c3cccc4c3-c3ccccc3C43c4ccccc4-c4ccccc43)cc2N1c1ccccc1. The second-order valence-electron chi connectivity index (χ2n) is 14.0. The number of para-hydroxylation sites is 2. The first-order valence-corrected chi connectivity index (χ1v) is 19.8. The van der Waals surface area contributed by atoms with E-state index in [1.54, 1.807) is 0 Å². The summed E-state index contributed by atoms with van der Waals surface area (Å²) >= 11 is 0. The number of anilines is 4. The third kappa shape index (κ3) is 3.98. The van der Waals surface area contributed by atoms with E-state index in [1.165, 1.54) is 44.5 Å². The van der Waals surface area contributed by atoms with E-state index in [1.807, 2.05) is 66.7 Å². The zero-order chi connectivity index (χ0) is 35.1. The lowest BCUT2D eigenvalue weighted by molar-refractivity contribution is 0.582. The maximum Gasteiger partial charge on any atom is 0.301 e. The van der Waals surface area contributed by atoms with Crippen molar-refractivity contribution in [1.29, 1.82) is 0 Å². The average Bonchev–Trinajstić information content (AvgIpc) is 3.81. The van der Waals surface area contributed by atoms with Crippen LogP contribution in [-0.2, 0) is 9.98 Å². The summed E-state index contributed by atoms with van der Waals surface area (Å²) in [6.07, 6.45) is 0. The van der Waals surface area contributed by atoms with Crippen molar-refractivity contribution >= 4 is 35.5 Å². The maximum atomic E-state index is 16.2. The molecule has 1 unspecified atom stereocenters. The second kappa shape index (κ2) is 11.3. The Bertz CT molecular complexity index is 2730. The second-order valence-corrected chi connectivity index (χ2v) is 16.4. The molecule has 4 heteroatoms. The third-order valence-corrected chi connectivity index (χ3v) is 14.3. The van der Waals surface area contributed by atoms with Gasteiger partial charge in [0.15, 0.2) is 0 Å². The molecule has 8 aromatic rings. The molecule has 0 fully saturated rings. The summed E-state index contributed by atoms with van der Waals surface area (Å²) in [5.74, 6) is 0. The van der Waals surface area contributed by atoms with Crippen molar-refractivity contribution in [3.05, 3.63) is 222 Å². The van der Waals surface area contributed by atoms with E-state index in [4.69, 9.17) is 0 Å². The molecule has 1 aliphatic heterocycles. The highest BCUT2D eigenvalue weighted by molar-refractivity contribution is 7.76. The van der Waals surface area contributed by atoms with E-state index in [9.17, 15) is 0 Å². The van der Waals surface area contributed by atoms with Gasteiger partial charge in [-0.25, -0.2) is 0 Å². The summed E-state index contributed by atoms with van der Waals surface area (Å²) in [6.45, 7) is 0. The summed E-state index contributed by atoms with van der Waals surface area (Å²) in [7, 11) is -3.48. The first-order valence-electron chi connectivity index (χ1n) is 18.1. The number of rotatable bonds is 4. The Kier molecular flexibility index (Phi) is 6.44. The Morgan fingerprint density at radius 1 is 0.377 bits per heavy atom. The predicted octanol–water partition coefficient (Wildman–Crippen LogP) is 12.5. The van der Waals surface area contributed by atoms with Gasteiger partial charge in [0.25, 0.3) is 0 Å². The Labute approximate surface area is 309 Å². The molecule has 1 atom stereocenters. The minimum Gasteiger partial charge on any atom is -0.270 e. The van der Waals surface area contributed by atoms with E-state index in [0.717, 1.165) is 39.2 Å². The van der Waals surface area contributed by atoms with Gasteiger partial charge in [-0.05, 0) is 104 Å². The molecule has 8 aromatic carbocycles. The Morgan fingerprint density at radius 2 is 0.830 bits per heavy atom. The molecule has 3 aliphatic rings. The van der Waals surface area contributed by atoms with Gasteiger partial charge in [0.2, 0.25) is 0 Å². The average molecular weight is 697 g/mol. The van der Waals surface area contributed by atoms with Crippen LogP contribution in [0, 0.1) is 0 Å². The molecule has 53 heavy (non-hydrogen) atoms. The van der Waals surface area contributed by atoms with E-state index in [2.05, 4.69) is 143 Å². The molecule has 1 heterocycles. The highest BCUT2D eigenvalue weighted by atomic mass is 31.2. The fraction of sp³-hybridized carbons (Fsp3) is 0.0204. The molecule has 0 bridgehead atoms. The first-order chi connectivity index (χ1) is 26.2. The maximum absolute atomic E-state index is 16.2. The summed E-state index contributed by atoms with van der Waals surface area (Å²) in [4.78, 5) is 0. The van der Waals surface area contributed by atoms with Gasteiger partial charge in [-0.3, -0.25) is 13.9 Å². The standard InChI is InChI=1S/C49H33N2OP/c52-53(37-21-8-3-9-22-37)50(35-17-4-1-5-18-35)46-32-31-34(33-47(46)51(53)36-19-6-2-7-20-36)38-26-16-30-45-48(38)41-25-12-15-29-44(41)49(45)42-27-13-10-23-39(42)40-24-11-14-28-43(40)49/h1-33H. The number of fused-ring (bicyclic) bond motifs is 11. The highest BCUT2D eigenvalue weighted by Crippen LogP contribution is 2.71. The Morgan fingerprint density at radius 3 is 1.43 bits per heavy atom. The zero-order valence-corrected chi connectivity index (χ0v) is 29.7. The van der Waals surface area contributed by atoms with Crippen LogP contribution in [0.15, 0.2) is 200 Å². The van der Waals surface area contributed by atoms with Crippen LogP contribution in [0.1, 0.15) is 22.3 Å². The van der Waals surface area contributed by atoms with Gasteiger partial charge in [-0.1, -0.05) is 152 Å². The number of hydrogen-bond acceptors (Lipinski definition) is 1. The van der Waals surface area contributed by atoms with Gasteiger partial charge in [-0.15, -0.1) is 0 Å². The van der Waals surface area contributed by atoms with Gasteiger partial charge in [0.1, 0.15) is 0 Å². The molecule has 2 aliphatic carbocycles. The van der Waals surface area contributed by atoms with Crippen molar-refractivity contribution in [3.8, 4) is 33.4 Å². The smallest absolute Gasteiger partial charge is 0.270 e. The van der Waals surface area contributed by atoms with Gasteiger partial charge < -0.3 is 0 Å². The number of hydrogen-bond donors (Lipinski definition) is 0. The van der Waals surface area contributed by atoms with Crippen LogP contribution in [0.2, 0.25) is 0 Å². The van der Waals surface area contributed by atoms with Gasteiger partial charge >= 0.3 is 7.44 Å². The topological polar surface area (TPSA) is 23.6 Å². The quantitative estimate of drug-likeness (QED) is 0.171. The number of nitrogens with zero attached hydrogens (tertiary/aromatic N) is 2. The summed E-state index contributed by atoms with van der Waals surface area (Å²) in [5, 5.41) is 0.778. The summed E-state index contributed by atoms with van der Waals surface area (Å²) in [6, 6.07) is 70.6. The van der Waals surface area contributed by atoms with E-state index in [-0.39, 0.29) is 0 Å². The lowest BCUT2D eigenvalue weighted by Crippen LogP contribution is -2.26. The van der Waals surface area contributed by atoms with Crippen molar-refractivity contribution in [2.24, 2.45) is 0 Å². The Hall–Kier alpha value is -6.41. The molecular weight excluding hydrogens is 664 g/mol. The fourth-order valence-corrected chi connectivity index (χ4v) is 12.4. The fourth-order valence-electron chi connectivity index (χ4n) is 9.39. The van der Waals surface area contributed by atoms with Crippen LogP contribution in [-0.4, -0.2) is 0 Å². The summed E-state index contributed by atoms with van der Waals surface area (Å²) in [5.41, 5.74) is 15.8.